The summed E-state index contributed by atoms with van der Waals surface area (Å²) < 4.78 is 56.4. The molecule has 1 aliphatic rings. The minimum atomic E-state index is -3.55. The first-order valence-electron chi connectivity index (χ1n) is 8.02. The van der Waals surface area contributed by atoms with Crippen LogP contribution in [-0.2, 0) is 14.6 Å². The molecule has 5 nitrogen and oxygen atoms in total. The summed E-state index contributed by atoms with van der Waals surface area (Å²) in [6, 6.07) is 8.60. The fraction of sp³-hybridized carbons (Fsp3) is 0.278. The number of anilines is 1. The highest BCUT2D eigenvalue weighted by Crippen LogP contribution is 2.21. The molecule has 1 fully saturated rings. The summed E-state index contributed by atoms with van der Waals surface area (Å²) in [5.74, 6) is -2.82. The number of sulfone groups is 1. The molecule has 3 rings (SSSR count). The maximum atomic E-state index is 13.2. The van der Waals surface area contributed by atoms with E-state index in [1.165, 1.54) is 30.3 Å². The van der Waals surface area contributed by atoms with E-state index in [9.17, 15) is 22.0 Å². The van der Waals surface area contributed by atoms with E-state index in [1.807, 2.05) is 0 Å². The first kappa shape index (κ1) is 21.3. The molecule has 0 spiro atoms. The van der Waals surface area contributed by atoms with E-state index >= 15 is 0 Å². The average molecular weight is 415 g/mol. The zero-order valence-corrected chi connectivity index (χ0v) is 16.1. The summed E-state index contributed by atoms with van der Waals surface area (Å²) in [7, 11) is -3.55. The average Bonchev–Trinajstić information content (AvgIpc) is 3.10. The van der Waals surface area contributed by atoms with Crippen LogP contribution < -0.4 is 5.32 Å². The number of ether oxygens (including phenoxy) is 1. The van der Waals surface area contributed by atoms with Crippen LogP contribution in [0.5, 0.6) is 0 Å². The van der Waals surface area contributed by atoms with E-state index in [0.717, 1.165) is 12.1 Å². The Hall–Kier alpha value is -1.97. The molecule has 1 amide bonds. The minimum absolute atomic E-state index is 0. The van der Waals surface area contributed by atoms with Crippen molar-refractivity contribution >= 4 is 34.9 Å². The molecule has 0 bridgehead atoms. The molecule has 1 aliphatic heterocycles. The number of hydrogen-bond acceptors (Lipinski definition) is 4. The van der Waals surface area contributed by atoms with Gasteiger partial charge in [-0.05, 0) is 42.7 Å². The second kappa shape index (κ2) is 8.81. The molecule has 0 radical (unpaired) electrons. The Kier molecular flexibility index (Phi) is 6.96. The maximum absolute atomic E-state index is 13.2. The molecule has 1 N–H and O–H groups in total. The molecule has 0 aliphatic carbocycles. The van der Waals surface area contributed by atoms with Gasteiger partial charge in [0.1, 0.15) is 0 Å². The molecule has 0 aromatic heterocycles. The van der Waals surface area contributed by atoms with Gasteiger partial charge in [-0.1, -0.05) is 6.07 Å². The standard InChI is InChI=1S/C18H17F2NO4S.H2S/c19-16-5-4-14(9-17(16)20)21-18(22)13-2-1-3-15(8-13)26(23,24)11-12-6-7-25-10-12;/h1-5,8-9,12H,6-7,10-11H2,(H,21,22);1H2. The van der Waals surface area contributed by atoms with Gasteiger partial charge in [0.2, 0.25) is 0 Å². The van der Waals surface area contributed by atoms with Crippen molar-refractivity contribution in [1.29, 1.82) is 0 Å². The minimum Gasteiger partial charge on any atom is -0.381 e. The zero-order valence-electron chi connectivity index (χ0n) is 14.2. The fourth-order valence-electron chi connectivity index (χ4n) is 2.73. The first-order valence-corrected chi connectivity index (χ1v) is 9.67. The lowest BCUT2D eigenvalue weighted by Gasteiger charge is -2.10. The van der Waals surface area contributed by atoms with Crippen LogP contribution >= 0.6 is 13.5 Å². The van der Waals surface area contributed by atoms with Crippen molar-refractivity contribution in [3.05, 3.63) is 59.7 Å². The van der Waals surface area contributed by atoms with Crippen molar-refractivity contribution < 1.29 is 26.7 Å². The number of amides is 1. The fourth-order valence-corrected chi connectivity index (χ4v) is 4.40. The van der Waals surface area contributed by atoms with Crippen molar-refractivity contribution in [3.63, 3.8) is 0 Å². The smallest absolute Gasteiger partial charge is 0.255 e. The predicted molar refractivity (Wildman–Crippen MR) is 102 cm³/mol. The summed E-state index contributed by atoms with van der Waals surface area (Å²) in [5, 5.41) is 2.42. The van der Waals surface area contributed by atoms with Crippen LogP contribution in [0, 0.1) is 17.6 Å². The Morgan fingerprint density at radius 3 is 2.59 bits per heavy atom. The molecule has 1 saturated heterocycles. The molecule has 9 heteroatoms. The van der Waals surface area contributed by atoms with Gasteiger partial charge in [0, 0.05) is 23.9 Å². The Morgan fingerprint density at radius 1 is 1.15 bits per heavy atom. The van der Waals surface area contributed by atoms with Crippen LogP contribution in [0.3, 0.4) is 0 Å². The van der Waals surface area contributed by atoms with Crippen molar-refractivity contribution in [3.8, 4) is 0 Å². The van der Waals surface area contributed by atoms with Gasteiger partial charge in [-0.15, -0.1) is 0 Å². The molecule has 1 unspecified atom stereocenters. The highest BCUT2D eigenvalue weighted by molar-refractivity contribution is 7.91. The van der Waals surface area contributed by atoms with Gasteiger partial charge in [-0.3, -0.25) is 4.79 Å². The van der Waals surface area contributed by atoms with Gasteiger partial charge in [0.25, 0.3) is 5.91 Å². The number of nitrogens with one attached hydrogen (secondary N) is 1. The van der Waals surface area contributed by atoms with Crippen molar-refractivity contribution in [1.82, 2.24) is 0 Å². The molecule has 146 valence electrons. The van der Waals surface area contributed by atoms with Gasteiger partial charge in [-0.2, -0.15) is 13.5 Å². The summed E-state index contributed by atoms with van der Waals surface area (Å²) >= 11 is 0. The Morgan fingerprint density at radius 2 is 1.93 bits per heavy atom. The number of rotatable bonds is 5. The van der Waals surface area contributed by atoms with Gasteiger partial charge < -0.3 is 10.1 Å². The maximum Gasteiger partial charge on any atom is 0.255 e. The van der Waals surface area contributed by atoms with E-state index < -0.39 is 27.4 Å². The first-order chi connectivity index (χ1) is 12.3. The molecule has 0 saturated carbocycles. The van der Waals surface area contributed by atoms with Gasteiger partial charge >= 0.3 is 0 Å². The largest absolute Gasteiger partial charge is 0.381 e. The van der Waals surface area contributed by atoms with Crippen LogP contribution in [0.2, 0.25) is 0 Å². The third kappa shape index (κ3) is 5.27. The Bertz CT molecular complexity index is 929. The molecule has 2 aromatic rings. The number of carbonyl (C=O) groups excluding carboxylic acids is 1. The monoisotopic (exact) mass is 415 g/mol. The van der Waals surface area contributed by atoms with Gasteiger partial charge in [0.15, 0.2) is 21.5 Å². The SMILES string of the molecule is O=C(Nc1ccc(F)c(F)c1)c1cccc(S(=O)(=O)CC2CCOC2)c1.S. The van der Waals surface area contributed by atoms with Crippen LogP contribution in [-0.4, -0.2) is 33.3 Å². The Labute approximate surface area is 163 Å². The lowest BCUT2D eigenvalue weighted by atomic mass is 10.2. The van der Waals surface area contributed by atoms with Gasteiger partial charge in [-0.25, -0.2) is 17.2 Å². The second-order valence-electron chi connectivity index (χ2n) is 6.12. The van der Waals surface area contributed by atoms with Crippen molar-refractivity contribution in [2.75, 3.05) is 24.3 Å². The molecule has 1 atom stereocenters. The zero-order chi connectivity index (χ0) is 18.7. The van der Waals surface area contributed by atoms with E-state index in [-0.39, 0.29) is 41.3 Å². The molecule has 2 aromatic carbocycles. The Balaban J connectivity index is 0.00000261. The van der Waals surface area contributed by atoms with E-state index in [4.69, 9.17) is 4.74 Å². The van der Waals surface area contributed by atoms with Crippen LogP contribution in [0.4, 0.5) is 14.5 Å². The number of benzene rings is 2. The van der Waals surface area contributed by atoms with E-state index in [0.29, 0.717) is 19.6 Å². The van der Waals surface area contributed by atoms with Crippen LogP contribution in [0.25, 0.3) is 0 Å². The van der Waals surface area contributed by atoms with Crippen LogP contribution in [0.1, 0.15) is 16.8 Å². The lowest BCUT2D eigenvalue weighted by Crippen LogP contribution is -2.18. The highest BCUT2D eigenvalue weighted by Gasteiger charge is 2.25. The summed E-state index contributed by atoms with van der Waals surface area (Å²) in [5.41, 5.74) is 0.184. The summed E-state index contributed by atoms with van der Waals surface area (Å²) in [4.78, 5) is 12.3. The number of hydrogen-bond donors (Lipinski definition) is 1. The van der Waals surface area contributed by atoms with Crippen molar-refractivity contribution in [2.45, 2.75) is 11.3 Å². The molecule has 1 heterocycles. The topological polar surface area (TPSA) is 72.5 Å². The van der Waals surface area contributed by atoms with E-state index in [1.54, 1.807) is 0 Å². The van der Waals surface area contributed by atoms with E-state index in [2.05, 4.69) is 5.32 Å². The quantitative estimate of drug-likeness (QED) is 0.814. The second-order valence-corrected chi connectivity index (χ2v) is 8.16. The highest BCUT2D eigenvalue weighted by atomic mass is 32.2. The predicted octanol–water partition coefficient (Wildman–Crippen LogP) is 3.14. The molecular formula is C18H19F2NO4S2. The van der Waals surface area contributed by atoms with Crippen molar-refractivity contribution in [2.24, 2.45) is 5.92 Å². The van der Waals surface area contributed by atoms with Gasteiger partial charge in [0.05, 0.1) is 17.3 Å². The lowest BCUT2D eigenvalue weighted by molar-refractivity contribution is 0.102. The summed E-state index contributed by atoms with van der Waals surface area (Å²) in [6.07, 6.45) is 0.690. The number of halogens is 2. The summed E-state index contributed by atoms with van der Waals surface area (Å²) in [6.45, 7) is 0.965. The normalized spacial score (nSPS) is 16.6. The number of carbonyl (C=O) groups is 1. The molecule has 27 heavy (non-hydrogen) atoms. The third-order valence-electron chi connectivity index (χ3n) is 4.11. The van der Waals surface area contributed by atoms with Crippen LogP contribution in [0.15, 0.2) is 47.4 Å². The third-order valence-corrected chi connectivity index (χ3v) is 5.99. The molecular weight excluding hydrogens is 396 g/mol.